The van der Waals surface area contributed by atoms with Crippen molar-refractivity contribution in [2.75, 3.05) is 13.6 Å². The Morgan fingerprint density at radius 3 is 2.64 bits per heavy atom. The molecule has 0 saturated heterocycles. The molecule has 138 valence electrons. The number of nitrogens with one attached hydrogen (secondary N) is 1. The maximum Gasteiger partial charge on any atom is 0.317 e. The van der Waals surface area contributed by atoms with Gasteiger partial charge >= 0.3 is 6.03 Å². The normalized spacial score (nSPS) is 12.8. The first-order chi connectivity index (χ1) is 11.8. The summed E-state index contributed by atoms with van der Waals surface area (Å²) in [6.07, 6.45) is 10.9. The third-order valence-corrected chi connectivity index (χ3v) is 4.46. The van der Waals surface area contributed by atoms with Gasteiger partial charge in [0.1, 0.15) is 5.82 Å². The van der Waals surface area contributed by atoms with Crippen molar-refractivity contribution >= 4 is 6.03 Å². The Labute approximate surface area is 150 Å². The molecule has 2 heterocycles. The molecular formula is C18H30N6O. The molecule has 2 aromatic heterocycles. The standard InChI is InChI=1S/C18H30N6O/c1-18(2,3)15(13-24-12-8-19-14-24)21-17(25)23(5)10-6-7-16-20-9-11-22(16)4/h8-9,11-12,14-15H,6-7,10,13H2,1-5H3,(H,21,25)/t15-/m0/s1. The van der Waals surface area contributed by atoms with Gasteiger partial charge in [-0.1, -0.05) is 20.8 Å². The number of hydrogen-bond donors (Lipinski definition) is 1. The Kier molecular flexibility index (Phi) is 6.22. The fourth-order valence-electron chi connectivity index (χ4n) is 2.61. The Bertz CT molecular complexity index is 655. The van der Waals surface area contributed by atoms with E-state index in [4.69, 9.17) is 0 Å². The van der Waals surface area contributed by atoms with Crippen LogP contribution in [0.25, 0.3) is 0 Å². The van der Waals surface area contributed by atoms with E-state index in [0.717, 1.165) is 18.7 Å². The van der Waals surface area contributed by atoms with E-state index in [0.29, 0.717) is 13.1 Å². The number of amides is 2. The molecule has 1 N–H and O–H groups in total. The van der Waals surface area contributed by atoms with E-state index >= 15 is 0 Å². The smallest absolute Gasteiger partial charge is 0.317 e. The summed E-state index contributed by atoms with van der Waals surface area (Å²) in [4.78, 5) is 22.7. The number of nitrogens with zero attached hydrogens (tertiary/aromatic N) is 5. The molecule has 2 rings (SSSR count). The summed E-state index contributed by atoms with van der Waals surface area (Å²) in [6.45, 7) is 7.80. The van der Waals surface area contributed by atoms with Crippen LogP contribution in [0.3, 0.4) is 0 Å². The highest BCUT2D eigenvalue weighted by molar-refractivity contribution is 5.74. The summed E-state index contributed by atoms with van der Waals surface area (Å²) < 4.78 is 4.01. The molecule has 0 saturated carbocycles. The van der Waals surface area contributed by atoms with E-state index in [9.17, 15) is 4.79 Å². The zero-order valence-corrected chi connectivity index (χ0v) is 15.9. The second-order valence-electron chi connectivity index (χ2n) is 7.61. The largest absolute Gasteiger partial charge is 0.338 e. The van der Waals surface area contributed by atoms with Crippen LogP contribution in [0.5, 0.6) is 0 Å². The molecule has 0 radical (unpaired) electrons. The topological polar surface area (TPSA) is 68.0 Å². The Morgan fingerprint density at radius 1 is 1.32 bits per heavy atom. The highest BCUT2D eigenvalue weighted by Crippen LogP contribution is 2.21. The SMILES string of the molecule is CN(CCCc1nccn1C)C(=O)N[C@@H](Cn1ccnc1)C(C)(C)C. The summed E-state index contributed by atoms with van der Waals surface area (Å²) >= 11 is 0. The molecule has 0 aliphatic rings. The number of urea groups is 1. The van der Waals surface area contributed by atoms with E-state index in [-0.39, 0.29) is 17.5 Å². The fourth-order valence-corrected chi connectivity index (χ4v) is 2.61. The average Bonchev–Trinajstić information content (AvgIpc) is 3.17. The van der Waals surface area contributed by atoms with Crippen LogP contribution in [0.2, 0.25) is 0 Å². The van der Waals surface area contributed by atoms with E-state index < -0.39 is 0 Å². The lowest BCUT2D eigenvalue weighted by Crippen LogP contribution is -2.50. The summed E-state index contributed by atoms with van der Waals surface area (Å²) in [7, 11) is 3.83. The second-order valence-corrected chi connectivity index (χ2v) is 7.61. The van der Waals surface area contributed by atoms with Crippen molar-refractivity contribution in [3.63, 3.8) is 0 Å². The second kappa shape index (κ2) is 8.18. The molecule has 0 fully saturated rings. The van der Waals surface area contributed by atoms with Crippen LogP contribution in [-0.2, 0) is 20.0 Å². The van der Waals surface area contributed by atoms with Crippen molar-refractivity contribution in [1.82, 2.24) is 29.3 Å². The van der Waals surface area contributed by atoms with E-state index in [1.807, 2.05) is 35.6 Å². The predicted molar refractivity (Wildman–Crippen MR) is 98.2 cm³/mol. The highest BCUT2D eigenvalue weighted by Gasteiger charge is 2.27. The summed E-state index contributed by atoms with van der Waals surface area (Å²) in [5.41, 5.74) is -0.0479. The summed E-state index contributed by atoms with van der Waals surface area (Å²) in [6, 6.07) is -0.0222. The highest BCUT2D eigenvalue weighted by atomic mass is 16.2. The lowest BCUT2D eigenvalue weighted by Gasteiger charge is -2.33. The van der Waals surface area contributed by atoms with Crippen molar-refractivity contribution in [2.45, 2.75) is 46.2 Å². The first-order valence-electron chi connectivity index (χ1n) is 8.71. The molecule has 2 amide bonds. The van der Waals surface area contributed by atoms with E-state index in [2.05, 4.69) is 36.1 Å². The number of aryl methyl sites for hydroxylation is 2. The van der Waals surface area contributed by atoms with Crippen LogP contribution >= 0.6 is 0 Å². The number of hydrogen-bond acceptors (Lipinski definition) is 3. The van der Waals surface area contributed by atoms with Gasteiger partial charge in [0, 0.05) is 58.4 Å². The lowest BCUT2D eigenvalue weighted by atomic mass is 9.86. The minimum atomic E-state index is -0.0479. The van der Waals surface area contributed by atoms with Crippen molar-refractivity contribution in [3.8, 4) is 0 Å². The van der Waals surface area contributed by atoms with Crippen molar-refractivity contribution in [2.24, 2.45) is 12.5 Å². The van der Waals surface area contributed by atoms with Gasteiger partial charge in [0.15, 0.2) is 0 Å². The van der Waals surface area contributed by atoms with Gasteiger partial charge in [-0.15, -0.1) is 0 Å². The van der Waals surface area contributed by atoms with Gasteiger partial charge in [-0.3, -0.25) is 0 Å². The molecule has 1 atom stereocenters. The molecule has 2 aromatic rings. The van der Waals surface area contributed by atoms with Crippen molar-refractivity contribution < 1.29 is 4.79 Å². The Balaban J connectivity index is 1.85. The monoisotopic (exact) mass is 346 g/mol. The predicted octanol–water partition coefficient (Wildman–Crippen LogP) is 2.31. The molecule has 0 bridgehead atoms. The lowest BCUT2D eigenvalue weighted by molar-refractivity contribution is 0.182. The van der Waals surface area contributed by atoms with Gasteiger partial charge in [0.2, 0.25) is 0 Å². The van der Waals surface area contributed by atoms with E-state index in [1.165, 1.54) is 0 Å². The van der Waals surface area contributed by atoms with Crippen LogP contribution in [0.15, 0.2) is 31.1 Å². The molecule has 7 nitrogen and oxygen atoms in total. The Hall–Kier alpha value is -2.31. The number of carbonyl (C=O) groups is 1. The number of rotatable bonds is 7. The van der Waals surface area contributed by atoms with Crippen molar-refractivity contribution in [3.05, 3.63) is 36.9 Å². The van der Waals surface area contributed by atoms with Gasteiger partial charge in [-0.25, -0.2) is 14.8 Å². The molecule has 25 heavy (non-hydrogen) atoms. The van der Waals surface area contributed by atoms with Gasteiger partial charge in [-0.05, 0) is 11.8 Å². The molecule has 0 aromatic carbocycles. The molecule has 0 aliphatic heterocycles. The third kappa shape index (κ3) is 5.62. The first kappa shape index (κ1) is 19.0. The van der Waals surface area contributed by atoms with E-state index in [1.54, 1.807) is 23.6 Å². The quantitative estimate of drug-likeness (QED) is 0.836. The average molecular weight is 346 g/mol. The zero-order valence-electron chi connectivity index (χ0n) is 15.9. The number of aromatic nitrogens is 4. The third-order valence-electron chi connectivity index (χ3n) is 4.46. The summed E-state index contributed by atoms with van der Waals surface area (Å²) in [5.74, 6) is 1.04. The number of imidazole rings is 2. The van der Waals surface area contributed by atoms with Crippen molar-refractivity contribution in [1.29, 1.82) is 0 Å². The van der Waals surface area contributed by atoms with Gasteiger partial charge in [0.05, 0.1) is 12.4 Å². The minimum Gasteiger partial charge on any atom is -0.338 e. The van der Waals surface area contributed by atoms with Crippen LogP contribution in [-0.4, -0.2) is 49.7 Å². The summed E-state index contributed by atoms with van der Waals surface area (Å²) in [5, 5.41) is 3.17. The molecule has 0 spiro atoms. The maximum absolute atomic E-state index is 12.6. The van der Waals surface area contributed by atoms with Gasteiger partial charge < -0.3 is 19.4 Å². The van der Waals surface area contributed by atoms with Crippen LogP contribution < -0.4 is 5.32 Å². The van der Waals surface area contributed by atoms with Crippen LogP contribution in [0.4, 0.5) is 4.79 Å². The molecule has 7 heteroatoms. The van der Waals surface area contributed by atoms with Gasteiger partial charge in [0.25, 0.3) is 0 Å². The zero-order chi connectivity index (χ0) is 18.4. The Morgan fingerprint density at radius 2 is 2.08 bits per heavy atom. The fraction of sp³-hybridized carbons (Fsp3) is 0.611. The first-order valence-corrected chi connectivity index (χ1v) is 8.71. The molecule has 0 unspecified atom stereocenters. The minimum absolute atomic E-state index is 0.0196. The van der Waals surface area contributed by atoms with Gasteiger partial charge in [-0.2, -0.15) is 0 Å². The maximum atomic E-state index is 12.6. The number of carbonyl (C=O) groups excluding carboxylic acids is 1. The molecule has 0 aliphatic carbocycles. The molecular weight excluding hydrogens is 316 g/mol. The van der Waals surface area contributed by atoms with Crippen LogP contribution in [0.1, 0.15) is 33.0 Å². The van der Waals surface area contributed by atoms with Crippen LogP contribution in [0, 0.1) is 5.41 Å².